The van der Waals surface area contributed by atoms with Crippen molar-refractivity contribution < 1.29 is 32.7 Å². The van der Waals surface area contributed by atoms with Gasteiger partial charge in [0.05, 0.1) is 0 Å². The normalized spacial score (nSPS) is 33.9. The Morgan fingerprint density at radius 2 is 0.914 bits per heavy atom. The third kappa shape index (κ3) is 9.86. The molecule has 0 unspecified atom stereocenters. The molecule has 1 aromatic rings. The molecule has 0 atom stereocenters. The van der Waals surface area contributed by atoms with E-state index in [2.05, 4.69) is 51.5 Å². The fraction of sp³-hybridized carbons (Fsp3) is 0.794. The molecule has 1 heteroatoms. The summed E-state index contributed by atoms with van der Waals surface area (Å²) in [5.41, 5.74) is 2.98. The van der Waals surface area contributed by atoms with Crippen LogP contribution in [0.25, 0.3) is 0 Å². The molecule has 0 amide bonds. The van der Waals surface area contributed by atoms with Crippen molar-refractivity contribution in [3.63, 3.8) is 0 Å². The zero-order valence-electron chi connectivity index (χ0n) is 22.8. The van der Waals surface area contributed by atoms with Crippen LogP contribution in [0, 0.1) is 48.9 Å². The van der Waals surface area contributed by atoms with Crippen molar-refractivity contribution in [3.8, 4) is 0 Å². The van der Waals surface area contributed by atoms with Crippen LogP contribution >= 0.6 is 0 Å². The molecular weight excluding hydrogens is 497 g/mol. The first kappa shape index (κ1) is 31.5. The number of hydrogen-bond acceptors (Lipinski definition) is 0. The van der Waals surface area contributed by atoms with Crippen molar-refractivity contribution in [3.05, 3.63) is 41.8 Å². The van der Waals surface area contributed by atoms with Crippen molar-refractivity contribution in [1.29, 1.82) is 0 Å². The van der Waals surface area contributed by atoms with E-state index in [1.807, 2.05) is 0 Å². The zero-order chi connectivity index (χ0) is 23.0. The van der Waals surface area contributed by atoms with Crippen LogP contribution in [0.3, 0.4) is 0 Å². The predicted molar refractivity (Wildman–Crippen MR) is 151 cm³/mol. The molecule has 1 radical (unpaired) electrons. The maximum absolute atomic E-state index is 2.49. The Hall–Kier alpha value is 0.324. The summed E-state index contributed by atoms with van der Waals surface area (Å²) in [6.07, 6.45) is 26.2. The second-order valence-corrected chi connectivity index (χ2v) is 12.8. The SMILES string of the molecule is C.CC1CCC(C2CC[CH-]CC2)CC1.Cc1ccc(C2CCC(C3CCC(C)CC3)CC2)cc1.[Y]. The zero-order valence-corrected chi connectivity index (χ0v) is 25.7. The Kier molecular flexibility index (Phi) is 14.7. The van der Waals surface area contributed by atoms with E-state index in [9.17, 15) is 0 Å². The minimum atomic E-state index is 0. The summed E-state index contributed by atoms with van der Waals surface area (Å²) in [7, 11) is 0. The van der Waals surface area contributed by atoms with Gasteiger partial charge in [-0.05, 0) is 105 Å². The van der Waals surface area contributed by atoms with E-state index in [1.165, 1.54) is 108 Å². The van der Waals surface area contributed by atoms with E-state index in [-0.39, 0.29) is 40.1 Å². The molecule has 4 aliphatic rings. The Bertz CT molecular complexity index is 648. The maximum atomic E-state index is 2.49. The van der Waals surface area contributed by atoms with Crippen LogP contribution in [0.2, 0.25) is 0 Å². The first-order valence-electron chi connectivity index (χ1n) is 15.0. The minimum Gasteiger partial charge on any atom is -0.328 e. The van der Waals surface area contributed by atoms with Crippen molar-refractivity contribution >= 4 is 0 Å². The molecule has 0 aromatic heterocycles. The number of aryl methyl sites for hydroxylation is 1. The van der Waals surface area contributed by atoms with Crippen LogP contribution in [-0.2, 0) is 32.7 Å². The molecule has 0 nitrogen and oxygen atoms in total. The van der Waals surface area contributed by atoms with Crippen LogP contribution in [0.5, 0.6) is 0 Å². The summed E-state index contributed by atoms with van der Waals surface area (Å²) in [6.45, 7) is 7.04. The number of rotatable bonds is 3. The maximum Gasteiger partial charge on any atom is 0 e. The van der Waals surface area contributed by atoms with E-state index in [0.717, 1.165) is 41.4 Å². The molecule has 4 fully saturated rings. The third-order valence-corrected chi connectivity index (χ3v) is 10.3. The first-order chi connectivity index (χ1) is 16.1. The van der Waals surface area contributed by atoms with E-state index in [0.29, 0.717) is 0 Å². The Morgan fingerprint density at radius 1 is 0.543 bits per heavy atom. The van der Waals surface area contributed by atoms with Gasteiger partial charge in [0, 0.05) is 32.7 Å². The second-order valence-electron chi connectivity index (χ2n) is 12.8. The van der Waals surface area contributed by atoms with E-state index in [1.54, 1.807) is 5.56 Å². The molecule has 1 aromatic carbocycles. The van der Waals surface area contributed by atoms with E-state index >= 15 is 0 Å². The quantitative estimate of drug-likeness (QED) is 0.326. The molecular formula is C34H57Y-. The van der Waals surface area contributed by atoms with E-state index in [4.69, 9.17) is 0 Å². The van der Waals surface area contributed by atoms with Crippen molar-refractivity contribution in [2.45, 2.75) is 137 Å². The topological polar surface area (TPSA) is 0 Å². The van der Waals surface area contributed by atoms with Crippen molar-refractivity contribution in [2.75, 3.05) is 0 Å². The van der Waals surface area contributed by atoms with Crippen molar-refractivity contribution in [2.24, 2.45) is 35.5 Å². The standard InChI is InChI=1S/C20H30.C13H23.CH4.Y/c1-15-3-7-17(8-4-15)19-11-13-20(14-12-19)18-9-5-16(2)6-10-18;1-11-7-9-13(10-8-11)12-5-3-2-4-6-12;;/h3-4,7-8,16,18-20H,5-6,9-14H2,1-2H3;2,11-13H,3-10H2,1H3;1H4;/q;-1;;. The molecule has 0 bridgehead atoms. The van der Waals surface area contributed by atoms with Gasteiger partial charge in [-0.25, -0.2) is 0 Å². The fourth-order valence-corrected chi connectivity index (χ4v) is 7.70. The number of hydrogen-bond donors (Lipinski definition) is 0. The van der Waals surface area contributed by atoms with Crippen molar-refractivity contribution in [1.82, 2.24) is 0 Å². The monoisotopic (exact) mass is 554 g/mol. The molecule has 0 saturated heterocycles. The van der Waals surface area contributed by atoms with Crippen LogP contribution in [0.1, 0.15) is 141 Å². The summed E-state index contributed by atoms with van der Waals surface area (Å²) in [4.78, 5) is 0. The molecule has 0 spiro atoms. The van der Waals surface area contributed by atoms with Gasteiger partial charge in [0.25, 0.3) is 0 Å². The van der Waals surface area contributed by atoms with E-state index < -0.39 is 0 Å². The molecule has 4 aliphatic carbocycles. The average molecular weight is 555 g/mol. The molecule has 0 aliphatic heterocycles. The fourth-order valence-electron chi connectivity index (χ4n) is 7.70. The van der Waals surface area contributed by atoms with Crippen LogP contribution in [-0.4, -0.2) is 0 Å². The Labute approximate surface area is 245 Å². The van der Waals surface area contributed by atoms with Gasteiger partial charge >= 0.3 is 0 Å². The van der Waals surface area contributed by atoms with Gasteiger partial charge < -0.3 is 6.42 Å². The predicted octanol–water partition coefficient (Wildman–Crippen LogP) is 10.9. The summed E-state index contributed by atoms with van der Waals surface area (Å²) >= 11 is 0. The van der Waals surface area contributed by atoms with Crippen LogP contribution in [0.4, 0.5) is 0 Å². The molecule has 35 heavy (non-hydrogen) atoms. The van der Waals surface area contributed by atoms with Gasteiger partial charge in [-0.1, -0.05) is 89.6 Å². The Balaban J connectivity index is 0.000000252. The van der Waals surface area contributed by atoms with Gasteiger partial charge in [-0.15, -0.1) is 0 Å². The summed E-state index contributed by atoms with van der Waals surface area (Å²) < 4.78 is 0. The smallest absolute Gasteiger partial charge is 0 e. The Morgan fingerprint density at radius 3 is 1.34 bits per heavy atom. The molecule has 197 valence electrons. The van der Waals surface area contributed by atoms with Gasteiger partial charge in [0.15, 0.2) is 0 Å². The average Bonchev–Trinajstić information content (AvgIpc) is 2.87. The second kappa shape index (κ2) is 16.3. The molecule has 4 saturated carbocycles. The summed E-state index contributed by atoms with van der Waals surface area (Å²) in [5, 5.41) is 0. The summed E-state index contributed by atoms with van der Waals surface area (Å²) in [6, 6.07) is 9.29. The molecule has 5 rings (SSSR count). The van der Waals surface area contributed by atoms with Gasteiger partial charge in [0.2, 0.25) is 0 Å². The first-order valence-corrected chi connectivity index (χ1v) is 15.0. The number of benzene rings is 1. The van der Waals surface area contributed by atoms with Gasteiger partial charge in [0.1, 0.15) is 0 Å². The van der Waals surface area contributed by atoms with Crippen LogP contribution in [0.15, 0.2) is 24.3 Å². The summed E-state index contributed by atoms with van der Waals surface area (Å²) in [5.74, 6) is 7.16. The largest absolute Gasteiger partial charge is 0.328 e. The van der Waals surface area contributed by atoms with Gasteiger partial charge in [-0.2, -0.15) is 12.8 Å². The van der Waals surface area contributed by atoms with Gasteiger partial charge in [-0.3, -0.25) is 0 Å². The molecule has 0 N–H and O–H groups in total. The minimum absolute atomic E-state index is 0. The van der Waals surface area contributed by atoms with Crippen LogP contribution < -0.4 is 0 Å². The third-order valence-electron chi connectivity index (χ3n) is 10.3. The molecule has 0 heterocycles.